The van der Waals surface area contributed by atoms with E-state index in [9.17, 15) is 4.79 Å². The largest absolute Gasteiger partial charge is 0.494 e. The lowest BCUT2D eigenvalue weighted by Crippen LogP contribution is -2.25. The monoisotopic (exact) mass is 205 g/mol. The SMILES string of the molecule is CCOc1ccc(C(=O)NC2CC2)cc1. The lowest BCUT2D eigenvalue weighted by Gasteiger charge is -2.05. The second-order valence-corrected chi connectivity index (χ2v) is 3.71. The van der Waals surface area contributed by atoms with E-state index in [1.54, 1.807) is 12.1 Å². The first-order chi connectivity index (χ1) is 7.29. The van der Waals surface area contributed by atoms with Crippen LogP contribution >= 0.6 is 0 Å². The molecule has 0 aliphatic heterocycles. The summed E-state index contributed by atoms with van der Waals surface area (Å²) in [5, 5.41) is 2.94. The number of carbonyl (C=O) groups is 1. The molecule has 3 heteroatoms. The molecule has 15 heavy (non-hydrogen) atoms. The highest BCUT2D eigenvalue weighted by Gasteiger charge is 2.23. The zero-order valence-electron chi connectivity index (χ0n) is 8.82. The molecule has 0 atom stereocenters. The van der Waals surface area contributed by atoms with E-state index in [0.29, 0.717) is 18.2 Å². The van der Waals surface area contributed by atoms with Gasteiger partial charge in [-0.15, -0.1) is 0 Å². The summed E-state index contributed by atoms with van der Waals surface area (Å²) in [6.07, 6.45) is 2.23. The minimum atomic E-state index is 0.0144. The average molecular weight is 205 g/mol. The standard InChI is InChI=1S/C12H15NO2/c1-2-15-11-7-3-9(4-8-11)12(14)13-10-5-6-10/h3-4,7-8,10H,2,5-6H2,1H3,(H,13,14). The smallest absolute Gasteiger partial charge is 0.251 e. The molecule has 1 saturated carbocycles. The number of amides is 1. The van der Waals surface area contributed by atoms with E-state index >= 15 is 0 Å². The van der Waals surface area contributed by atoms with Gasteiger partial charge in [-0.3, -0.25) is 4.79 Å². The van der Waals surface area contributed by atoms with E-state index in [0.717, 1.165) is 18.6 Å². The van der Waals surface area contributed by atoms with Gasteiger partial charge in [0.15, 0.2) is 0 Å². The summed E-state index contributed by atoms with van der Waals surface area (Å²) in [4.78, 5) is 11.6. The molecule has 0 heterocycles. The van der Waals surface area contributed by atoms with Gasteiger partial charge >= 0.3 is 0 Å². The summed E-state index contributed by atoms with van der Waals surface area (Å²) in [5.41, 5.74) is 0.699. The predicted octanol–water partition coefficient (Wildman–Crippen LogP) is 1.98. The molecule has 1 fully saturated rings. The third kappa shape index (κ3) is 2.72. The highest BCUT2D eigenvalue weighted by atomic mass is 16.5. The van der Waals surface area contributed by atoms with E-state index < -0.39 is 0 Å². The van der Waals surface area contributed by atoms with Crippen LogP contribution in [0.2, 0.25) is 0 Å². The molecule has 0 aromatic heterocycles. The van der Waals surface area contributed by atoms with Gasteiger partial charge in [-0.2, -0.15) is 0 Å². The van der Waals surface area contributed by atoms with Gasteiger partial charge in [0.2, 0.25) is 0 Å². The summed E-state index contributed by atoms with van der Waals surface area (Å²) in [6, 6.07) is 7.64. The number of benzene rings is 1. The van der Waals surface area contributed by atoms with Crippen LogP contribution < -0.4 is 10.1 Å². The van der Waals surface area contributed by atoms with Gasteiger partial charge in [-0.05, 0) is 44.0 Å². The first-order valence-corrected chi connectivity index (χ1v) is 5.33. The summed E-state index contributed by atoms with van der Waals surface area (Å²) in [7, 11) is 0. The van der Waals surface area contributed by atoms with Crippen molar-refractivity contribution < 1.29 is 9.53 Å². The maximum Gasteiger partial charge on any atom is 0.251 e. The second kappa shape index (κ2) is 4.34. The molecule has 80 valence electrons. The lowest BCUT2D eigenvalue weighted by molar-refractivity contribution is 0.0951. The minimum absolute atomic E-state index is 0.0144. The molecule has 1 aliphatic carbocycles. The Morgan fingerprint density at radius 1 is 1.40 bits per heavy atom. The molecule has 0 radical (unpaired) electrons. The fourth-order valence-corrected chi connectivity index (χ4v) is 1.37. The van der Waals surface area contributed by atoms with Crippen LogP contribution in [0.25, 0.3) is 0 Å². The van der Waals surface area contributed by atoms with Gasteiger partial charge in [0.05, 0.1) is 6.61 Å². The van der Waals surface area contributed by atoms with Gasteiger partial charge in [0.1, 0.15) is 5.75 Å². The maximum atomic E-state index is 11.6. The summed E-state index contributed by atoms with van der Waals surface area (Å²) < 4.78 is 5.30. The van der Waals surface area contributed by atoms with Gasteiger partial charge in [-0.25, -0.2) is 0 Å². The van der Waals surface area contributed by atoms with Gasteiger partial charge in [0.25, 0.3) is 5.91 Å². The third-order valence-corrected chi connectivity index (χ3v) is 2.34. The summed E-state index contributed by atoms with van der Waals surface area (Å²) in [6.45, 7) is 2.58. The molecule has 1 amide bonds. The van der Waals surface area contributed by atoms with Crippen LogP contribution in [0.3, 0.4) is 0 Å². The topological polar surface area (TPSA) is 38.3 Å². The predicted molar refractivity (Wildman–Crippen MR) is 58.1 cm³/mol. The van der Waals surface area contributed by atoms with Crippen LogP contribution in [0.4, 0.5) is 0 Å². The van der Waals surface area contributed by atoms with E-state index in [4.69, 9.17) is 4.74 Å². The average Bonchev–Trinajstić information content (AvgIpc) is 3.03. The summed E-state index contributed by atoms with van der Waals surface area (Å²) >= 11 is 0. The quantitative estimate of drug-likeness (QED) is 0.816. The summed E-state index contributed by atoms with van der Waals surface area (Å²) in [5.74, 6) is 0.820. The fourth-order valence-electron chi connectivity index (χ4n) is 1.37. The van der Waals surface area contributed by atoms with E-state index in [1.165, 1.54) is 0 Å². The van der Waals surface area contributed by atoms with E-state index in [1.807, 2.05) is 19.1 Å². The van der Waals surface area contributed by atoms with Crippen LogP contribution in [0, 0.1) is 0 Å². The first-order valence-electron chi connectivity index (χ1n) is 5.33. The van der Waals surface area contributed by atoms with E-state index in [2.05, 4.69) is 5.32 Å². The Kier molecular flexibility index (Phi) is 2.90. The normalized spacial score (nSPS) is 14.7. The van der Waals surface area contributed by atoms with Crippen molar-refractivity contribution in [3.63, 3.8) is 0 Å². The van der Waals surface area contributed by atoms with Crippen molar-refractivity contribution in [3.8, 4) is 5.75 Å². The Bertz CT molecular complexity index is 341. The highest BCUT2D eigenvalue weighted by Crippen LogP contribution is 2.19. The molecule has 1 aliphatic rings. The molecular weight excluding hydrogens is 190 g/mol. The minimum Gasteiger partial charge on any atom is -0.494 e. The van der Waals surface area contributed by atoms with Crippen molar-refractivity contribution >= 4 is 5.91 Å². The first kappa shape index (κ1) is 10.0. The second-order valence-electron chi connectivity index (χ2n) is 3.71. The maximum absolute atomic E-state index is 11.6. The molecule has 0 saturated heterocycles. The molecule has 2 rings (SSSR count). The van der Waals surface area contributed by atoms with Crippen LogP contribution in [0.1, 0.15) is 30.1 Å². The third-order valence-electron chi connectivity index (χ3n) is 2.34. The lowest BCUT2D eigenvalue weighted by atomic mass is 10.2. The molecule has 1 aromatic carbocycles. The highest BCUT2D eigenvalue weighted by molar-refractivity contribution is 5.94. The van der Waals surface area contributed by atoms with Gasteiger partial charge in [-0.1, -0.05) is 0 Å². The van der Waals surface area contributed by atoms with Crippen LogP contribution in [-0.2, 0) is 0 Å². The fraction of sp³-hybridized carbons (Fsp3) is 0.417. The Hall–Kier alpha value is -1.51. The van der Waals surface area contributed by atoms with Crippen molar-refractivity contribution in [2.24, 2.45) is 0 Å². The molecule has 0 bridgehead atoms. The number of hydrogen-bond acceptors (Lipinski definition) is 2. The molecular formula is C12H15NO2. The van der Waals surface area contributed by atoms with Crippen molar-refractivity contribution in [3.05, 3.63) is 29.8 Å². The molecule has 0 spiro atoms. The number of carbonyl (C=O) groups excluding carboxylic acids is 1. The zero-order valence-corrected chi connectivity index (χ0v) is 8.82. The van der Waals surface area contributed by atoms with E-state index in [-0.39, 0.29) is 5.91 Å². The Morgan fingerprint density at radius 2 is 2.07 bits per heavy atom. The molecule has 1 aromatic rings. The van der Waals surface area contributed by atoms with Gasteiger partial charge < -0.3 is 10.1 Å². The number of rotatable bonds is 4. The van der Waals surface area contributed by atoms with Crippen molar-refractivity contribution in [2.75, 3.05) is 6.61 Å². The molecule has 3 nitrogen and oxygen atoms in total. The van der Waals surface area contributed by atoms with Crippen LogP contribution in [0.5, 0.6) is 5.75 Å². The van der Waals surface area contributed by atoms with Crippen molar-refractivity contribution in [1.82, 2.24) is 5.32 Å². The number of hydrogen-bond donors (Lipinski definition) is 1. The van der Waals surface area contributed by atoms with Crippen molar-refractivity contribution in [1.29, 1.82) is 0 Å². The molecule has 1 N–H and O–H groups in total. The van der Waals surface area contributed by atoms with Crippen LogP contribution in [0.15, 0.2) is 24.3 Å². The van der Waals surface area contributed by atoms with Crippen LogP contribution in [-0.4, -0.2) is 18.6 Å². The van der Waals surface area contributed by atoms with Gasteiger partial charge in [0, 0.05) is 11.6 Å². The van der Waals surface area contributed by atoms with Crippen molar-refractivity contribution in [2.45, 2.75) is 25.8 Å². The number of ether oxygens (including phenoxy) is 1. The Labute approximate surface area is 89.4 Å². The zero-order chi connectivity index (χ0) is 10.7. The number of nitrogens with one attached hydrogen (secondary N) is 1. The Morgan fingerprint density at radius 3 is 2.60 bits per heavy atom. The molecule has 0 unspecified atom stereocenters. The Balaban J connectivity index is 1.98.